The van der Waals surface area contributed by atoms with Crippen LogP contribution in [0.5, 0.6) is 0 Å². The molecular weight excluding hydrogens is 953 g/mol. The smallest absolute Gasteiger partial charge is 0.373 e. The second-order valence-corrected chi connectivity index (χ2v) is 17.1. The van der Waals surface area contributed by atoms with Crippen LogP contribution in [0.2, 0.25) is 0 Å². The highest BCUT2D eigenvalue weighted by Gasteiger charge is 2.32. The first-order valence-electron chi connectivity index (χ1n) is 22.4. The first kappa shape index (κ1) is 61.7. The van der Waals surface area contributed by atoms with Gasteiger partial charge in [-0.25, -0.2) is 9.59 Å². The van der Waals surface area contributed by atoms with Crippen molar-refractivity contribution < 1.29 is 82.8 Å². The molecule has 23 nitrogen and oxygen atoms in total. The summed E-state index contributed by atoms with van der Waals surface area (Å²) in [5, 5.41) is 49.2. The first-order chi connectivity index (χ1) is 33.7. The zero-order valence-electron chi connectivity index (χ0n) is 39.1. The van der Waals surface area contributed by atoms with Crippen LogP contribution in [0.4, 0.5) is 4.79 Å². The molecular formula is C47H62N6O17S. The van der Waals surface area contributed by atoms with Gasteiger partial charge in [0.15, 0.2) is 11.6 Å². The van der Waals surface area contributed by atoms with Gasteiger partial charge in [-0.3, -0.25) is 43.2 Å². The van der Waals surface area contributed by atoms with Crippen molar-refractivity contribution in [2.75, 3.05) is 25.1 Å². The third-order valence-corrected chi connectivity index (χ3v) is 11.2. The summed E-state index contributed by atoms with van der Waals surface area (Å²) in [5.74, 6) is -10.9. The van der Waals surface area contributed by atoms with Crippen LogP contribution >= 0.6 is 11.8 Å². The summed E-state index contributed by atoms with van der Waals surface area (Å²) in [6.07, 6.45) is 0.352. The average Bonchev–Trinajstić information content (AvgIpc) is 3.31. The third kappa shape index (κ3) is 27.5. The Balaban J connectivity index is 0.00000818. The van der Waals surface area contributed by atoms with Gasteiger partial charge in [-0.05, 0) is 55.9 Å². The Kier molecular flexibility index (Phi) is 30.3. The number of benzene rings is 2. The maximum atomic E-state index is 14.1. The van der Waals surface area contributed by atoms with Gasteiger partial charge in [0.05, 0.1) is 24.4 Å². The molecule has 0 aliphatic rings. The average molecular weight is 1020 g/mol. The van der Waals surface area contributed by atoms with Crippen LogP contribution in [-0.2, 0) is 70.4 Å². The lowest BCUT2D eigenvalue weighted by Gasteiger charge is -2.23. The van der Waals surface area contributed by atoms with E-state index in [0.717, 1.165) is 0 Å². The van der Waals surface area contributed by atoms with Gasteiger partial charge in [-0.2, -0.15) is 21.4 Å². The zero-order valence-corrected chi connectivity index (χ0v) is 39.9. The molecule has 2 aromatic rings. The predicted octanol–water partition coefficient (Wildman–Crippen LogP) is 0.901. The zero-order chi connectivity index (χ0) is 53.3. The molecule has 71 heavy (non-hydrogen) atoms. The van der Waals surface area contributed by atoms with E-state index < -0.39 is 115 Å². The molecule has 0 saturated heterocycles. The number of thioether (sulfide) groups is 1. The lowest BCUT2D eigenvalue weighted by molar-refractivity contribution is -0.192. The minimum absolute atomic E-state index is 0.0111. The topological polar surface area (TPSA) is 389 Å². The van der Waals surface area contributed by atoms with Crippen LogP contribution in [0.3, 0.4) is 0 Å². The number of carbonyl (C=O) groups is 11. The van der Waals surface area contributed by atoms with Crippen LogP contribution in [0.15, 0.2) is 60.7 Å². The second-order valence-electron chi connectivity index (χ2n) is 16.2. The Labute approximate surface area is 413 Å². The monoisotopic (exact) mass is 1010 g/mol. The number of unbranched alkanes of at least 4 members (excludes halogenated alkanes) is 1. The van der Waals surface area contributed by atoms with E-state index in [-0.39, 0.29) is 94.9 Å². The lowest BCUT2D eigenvalue weighted by Crippen LogP contribution is -2.53. The Morgan fingerprint density at radius 2 is 1.15 bits per heavy atom. The number of carboxylic acids is 4. The number of nitrogens with two attached hydrogens (primary N) is 1. The van der Waals surface area contributed by atoms with Gasteiger partial charge in [-0.1, -0.05) is 60.7 Å². The Morgan fingerprint density at radius 1 is 0.592 bits per heavy atom. The van der Waals surface area contributed by atoms with Crippen LogP contribution in [0, 0.1) is 11.8 Å². The van der Waals surface area contributed by atoms with Gasteiger partial charge in [0.2, 0.25) is 17.7 Å². The molecule has 0 aromatic heterocycles. The van der Waals surface area contributed by atoms with Crippen molar-refractivity contribution in [3.05, 3.63) is 71.8 Å². The van der Waals surface area contributed by atoms with E-state index in [1.165, 1.54) is 11.8 Å². The van der Waals surface area contributed by atoms with Gasteiger partial charge < -0.3 is 52.7 Å². The van der Waals surface area contributed by atoms with E-state index in [9.17, 15) is 68.1 Å². The highest BCUT2D eigenvalue weighted by molar-refractivity contribution is 7.98. The number of amides is 5. The fraction of sp³-hybridized carbons (Fsp3) is 0.489. The minimum atomic E-state index is -1.59. The number of rotatable bonds is 35. The molecule has 1 unspecified atom stereocenters. The summed E-state index contributed by atoms with van der Waals surface area (Å²) in [5.41, 5.74) is 7.47. The van der Waals surface area contributed by atoms with Crippen molar-refractivity contribution in [2.24, 2.45) is 17.6 Å². The molecule has 388 valence electrons. The van der Waals surface area contributed by atoms with Gasteiger partial charge in [0.25, 0.3) is 0 Å². The fourth-order valence-electron chi connectivity index (χ4n) is 6.80. The van der Waals surface area contributed by atoms with Gasteiger partial charge >= 0.3 is 36.1 Å². The molecule has 2 aromatic carbocycles. The van der Waals surface area contributed by atoms with Crippen molar-refractivity contribution in [2.45, 2.75) is 108 Å². The van der Waals surface area contributed by atoms with E-state index >= 15 is 0 Å². The quantitative estimate of drug-likeness (QED) is 0.0429. The van der Waals surface area contributed by atoms with E-state index in [1.54, 1.807) is 66.9 Å². The molecule has 2 rings (SSSR count). The molecule has 11 N–H and O–H groups in total. The number of carbonyl (C=O) groups excluding carboxylic acids is 9. The highest BCUT2D eigenvalue weighted by atomic mass is 32.2. The largest absolute Gasteiger partial charge is 0.481 e. The molecule has 0 spiro atoms. The molecule has 0 bridgehead atoms. The van der Waals surface area contributed by atoms with Crippen LogP contribution < -0.4 is 32.3 Å². The summed E-state index contributed by atoms with van der Waals surface area (Å²) in [6, 6.07) is 11.2. The third-order valence-electron chi connectivity index (χ3n) is 10.5. The van der Waals surface area contributed by atoms with Gasteiger partial charge in [-0.15, -0.1) is 0 Å². The van der Waals surface area contributed by atoms with Crippen LogP contribution in [0.1, 0.15) is 81.8 Å². The van der Waals surface area contributed by atoms with Crippen molar-refractivity contribution >= 4 is 82.9 Å². The van der Waals surface area contributed by atoms with E-state index in [2.05, 4.69) is 26.6 Å². The Morgan fingerprint density at radius 3 is 1.70 bits per heavy atom. The minimum Gasteiger partial charge on any atom is -0.481 e. The van der Waals surface area contributed by atoms with Crippen molar-refractivity contribution in [1.82, 2.24) is 26.6 Å². The van der Waals surface area contributed by atoms with Crippen molar-refractivity contribution in [3.8, 4) is 0 Å². The highest BCUT2D eigenvalue weighted by Crippen LogP contribution is 2.18. The maximum absolute atomic E-state index is 14.1. The lowest BCUT2D eigenvalue weighted by atomic mass is 9.89. The summed E-state index contributed by atoms with van der Waals surface area (Å²) >= 11 is 1.18. The molecule has 0 saturated carbocycles. The van der Waals surface area contributed by atoms with E-state index in [0.29, 0.717) is 11.1 Å². The van der Waals surface area contributed by atoms with Crippen LogP contribution in [0.25, 0.3) is 0 Å². The number of urea groups is 1. The molecule has 0 aliphatic heterocycles. The predicted molar refractivity (Wildman–Crippen MR) is 252 cm³/mol. The number of hydrogen-bond acceptors (Lipinski definition) is 15. The summed E-state index contributed by atoms with van der Waals surface area (Å²) in [6.45, 7) is -0.474. The van der Waals surface area contributed by atoms with Crippen LogP contribution in [-0.4, -0.2) is 141 Å². The molecule has 0 aliphatic carbocycles. The first-order valence-corrected chi connectivity index (χ1v) is 23.8. The second kappa shape index (κ2) is 34.9. The molecule has 0 heterocycles. The van der Waals surface area contributed by atoms with Crippen molar-refractivity contribution in [1.29, 1.82) is 0 Å². The number of aliphatic carboxylic acids is 4. The Bertz CT molecular complexity index is 2140. The fourth-order valence-corrected chi connectivity index (χ4v) is 7.46. The molecule has 24 heteroatoms. The number of nitrogens with one attached hydrogen (secondary N) is 5. The molecule has 0 radical (unpaired) electrons. The van der Waals surface area contributed by atoms with Gasteiger partial charge in [0, 0.05) is 63.3 Å². The number of ketones is 3. The van der Waals surface area contributed by atoms with E-state index in [1.807, 2.05) is 0 Å². The molecule has 5 amide bonds. The maximum Gasteiger partial charge on any atom is 0.373 e. The van der Waals surface area contributed by atoms with Gasteiger partial charge in [0.1, 0.15) is 17.9 Å². The summed E-state index contributed by atoms with van der Waals surface area (Å²) < 4.78 is 0. The standard InChI is InChI=1S/C46H62N6O15S.CO2/c1-68-27-31(44(63)64)24-38(55)36(25-41(59)60)51-43(62)33(47)26-49-42(61)30(21-28-11-4-2-5-12-28)23-37(54)35(22-29-13-6-3-7-14-29)50-39(56)16-9-8-15-32(53)18-19-34(45(65)66)52-46(67)48-20-10-17-40(57)58;2-1-3/h2-7,11-14,30-31,33-36H,8-10,15-27,47H2,1H3,(H,49,61)(H,50,56)(H,51,62)(H,57,58)(H,59,60)(H,63,64)(H,65,66)(H2,48,52,67);/t30-,31?,33+,34+,35+,36+;/m1./s1. The summed E-state index contributed by atoms with van der Waals surface area (Å²) in [7, 11) is 0. The normalized spacial score (nSPS) is 13.0. The van der Waals surface area contributed by atoms with Crippen molar-refractivity contribution in [3.63, 3.8) is 0 Å². The molecule has 0 fully saturated rings. The SMILES string of the molecule is CSCC(CC(=O)[C@H](CC(=O)O)NC(=O)[C@@H](N)CNC(=O)[C@@H](CC(=O)[C@H](Cc1ccccc1)NC(=O)CCCCC(=O)CC[C@H](NC(=O)NCCCC(=O)O)C(=O)O)Cc1ccccc1)C(=O)O.O=C=O. The number of Topliss-reactive ketones (excluding diaryl/α,β-unsaturated/α-hetero) is 3. The summed E-state index contributed by atoms with van der Waals surface area (Å²) in [4.78, 5) is 153. The number of hydrogen-bond donors (Lipinski definition) is 10. The Hall–Kier alpha value is -7.30. The van der Waals surface area contributed by atoms with E-state index in [4.69, 9.17) is 20.4 Å². The molecule has 6 atom stereocenters. The number of carboxylic acid groups (broad SMARTS) is 4.